The van der Waals surface area contributed by atoms with Crippen molar-refractivity contribution in [1.29, 1.82) is 0 Å². The summed E-state index contributed by atoms with van der Waals surface area (Å²) in [6.45, 7) is 0.434. The first-order valence-corrected chi connectivity index (χ1v) is 8.27. The maximum atomic E-state index is 12.7. The first-order chi connectivity index (χ1) is 9.95. The van der Waals surface area contributed by atoms with Gasteiger partial charge in [0.25, 0.3) is 0 Å². The van der Waals surface area contributed by atoms with Crippen LogP contribution in [-0.2, 0) is 14.8 Å². The summed E-state index contributed by atoms with van der Waals surface area (Å²) in [4.78, 5) is 10.9. The third-order valence-corrected chi connectivity index (χ3v) is 5.61. The lowest BCUT2D eigenvalue weighted by atomic mass is 10.1. The van der Waals surface area contributed by atoms with Crippen LogP contribution in [0.2, 0.25) is 0 Å². The lowest BCUT2D eigenvalue weighted by Crippen LogP contribution is -2.35. The van der Waals surface area contributed by atoms with Crippen molar-refractivity contribution in [2.75, 3.05) is 13.7 Å². The van der Waals surface area contributed by atoms with E-state index < -0.39 is 16.0 Å². The molecule has 6 nitrogen and oxygen atoms in total. The summed E-state index contributed by atoms with van der Waals surface area (Å²) in [7, 11) is -2.12. The molecule has 21 heavy (non-hydrogen) atoms. The minimum atomic E-state index is -3.61. The van der Waals surface area contributed by atoms with E-state index in [9.17, 15) is 13.2 Å². The average molecular weight is 313 g/mol. The zero-order valence-electron chi connectivity index (χ0n) is 11.9. The highest BCUT2D eigenvalue weighted by molar-refractivity contribution is 7.89. The Bertz CT molecular complexity index is 614. The van der Waals surface area contributed by atoms with Gasteiger partial charge in [0.05, 0.1) is 12.0 Å². The van der Waals surface area contributed by atoms with Crippen LogP contribution < -0.4 is 4.74 Å². The van der Waals surface area contributed by atoms with Crippen LogP contribution in [0, 0.1) is 0 Å². The zero-order valence-corrected chi connectivity index (χ0v) is 12.7. The Kier molecular flexibility index (Phi) is 4.84. The van der Waals surface area contributed by atoms with Crippen molar-refractivity contribution in [2.24, 2.45) is 0 Å². The maximum Gasteiger partial charge on any atom is 0.303 e. The molecule has 0 aromatic heterocycles. The van der Waals surface area contributed by atoms with Crippen molar-refractivity contribution >= 4 is 16.0 Å². The lowest BCUT2D eigenvalue weighted by molar-refractivity contribution is -0.137. The second kappa shape index (κ2) is 6.44. The van der Waals surface area contributed by atoms with Crippen molar-refractivity contribution < 1.29 is 23.1 Å². The molecule has 0 aliphatic carbocycles. The van der Waals surface area contributed by atoms with Gasteiger partial charge in [0.1, 0.15) is 5.75 Å². The van der Waals surface area contributed by atoms with E-state index in [4.69, 9.17) is 9.84 Å². The molecule has 1 atom stereocenters. The van der Waals surface area contributed by atoms with Crippen molar-refractivity contribution in [3.63, 3.8) is 0 Å². The van der Waals surface area contributed by atoms with Gasteiger partial charge in [0.2, 0.25) is 10.0 Å². The fraction of sp³-hybridized carbons (Fsp3) is 0.500. The van der Waals surface area contributed by atoms with Gasteiger partial charge in [-0.3, -0.25) is 4.79 Å². The van der Waals surface area contributed by atoms with Crippen molar-refractivity contribution in [2.45, 2.75) is 36.6 Å². The zero-order chi connectivity index (χ0) is 15.5. The quantitative estimate of drug-likeness (QED) is 0.864. The molecule has 7 heteroatoms. The molecule has 1 aromatic rings. The van der Waals surface area contributed by atoms with Crippen molar-refractivity contribution in [3.8, 4) is 5.75 Å². The molecule has 0 bridgehead atoms. The van der Waals surface area contributed by atoms with Crippen LogP contribution in [0.15, 0.2) is 29.2 Å². The fourth-order valence-electron chi connectivity index (χ4n) is 2.60. The third-order valence-electron chi connectivity index (χ3n) is 3.66. The molecule has 1 aliphatic heterocycles. The van der Waals surface area contributed by atoms with Crippen LogP contribution in [0.1, 0.15) is 25.7 Å². The smallest absolute Gasteiger partial charge is 0.303 e. The maximum absolute atomic E-state index is 12.7. The molecule has 0 amide bonds. The Labute approximate surface area is 124 Å². The number of carbonyl (C=O) groups is 1. The fourth-order valence-corrected chi connectivity index (χ4v) is 4.36. The van der Waals surface area contributed by atoms with Gasteiger partial charge in [0, 0.05) is 25.1 Å². The molecule has 2 rings (SSSR count). The van der Waals surface area contributed by atoms with E-state index in [0.29, 0.717) is 25.1 Å². The number of sulfonamides is 1. The van der Waals surface area contributed by atoms with Gasteiger partial charge < -0.3 is 9.84 Å². The summed E-state index contributed by atoms with van der Waals surface area (Å²) >= 11 is 0. The number of rotatable bonds is 6. The summed E-state index contributed by atoms with van der Waals surface area (Å²) in [6, 6.07) is 6.10. The number of ether oxygens (including phenoxy) is 1. The van der Waals surface area contributed by atoms with Gasteiger partial charge in [0.15, 0.2) is 0 Å². The molecule has 1 fully saturated rings. The van der Waals surface area contributed by atoms with E-state index in [1.807, 2.05) is 0 Å². The van der Waals surface area contributed by atoms with E-state index >= 15 is 0 Å². The molecule has 116 valence electrons. The number of aliphatic carboxylic acids is 1. The molecule has 0 radical (unpaired) electrons. The summed E-state index contributed by atoms with van der Waals surface area (Å²) in [5.41, 5.74) is 0. The average Bonchev–Trinajstić information content (AvgIpc) is 2.94. The number of carboxylic acids is 1. The molecular formula is C14H19NO5S. The van der Waals surface area contributed by atoms with Crippen LogP contribution in [0.5, 0.6) is 5.75 Å². The summed E-state index contributed by atoms with van der Waals surface area (Å²) in [5, 5.41) is 8.76. The molecule has 0 saturated carbocycles. The Morgan fingerprint density at radius 2 is 2.24 bits per heavy atom. The molecular weight excluding hydrogens is 294 g/mol. The summed E-state index contributed by atoms with van der Waals surface area (Å²) in [5.74, 6) is -0.419. The second-order valence-corrected chi connectivity index (χ2v) is 6.91. The molecule has 0 unspecified atom stereocenters. The standard InChI is InChI=1S/C14H19NO5S/c1-20-12-5-2-6-13(10-12)21(18,19)15-9-3-4-11(15)7-8-14(16)17/h2,5-6,10-11H,3-4,7-9H2,1H3,(H,16,17)/t11-/m1/s1. The first kappa shape index (κ1) is 15.8. The number of carboxylic acid groups (broad SMARTS) is 1. The topological polar surface area (TPSA) is 83.9 Å². The Morgan fingerprint density at radius 1 is 1.48 bits per heavy atom. The van der Waals surface area contributed by atoms with Crippen molar-refractivity contribution in [3.05, 3.63) is 24.3 Å². The Hall–Kier alpha value is -1.60. The van der Waals surface area contributed by atoms with E-state index in [2.05, 4.69) is 0 Å². The van der Waals surface area contributed by atoms with Crippen LogP contribution in [0.25, 0.3) is 0 Å². The number of hydrogen-bond donors (Lipinski definition) is 1. The van der Waals surface area contributed by atoms with Gasteiger partial charge in [-0.2, -0.15) is 4.31 Å². The molecule has 1 N–H and O–H groups in total. The van der Waals surface area contributed by atoms with E-state index in [1.54, 1.807) is 12.1 Å². The predicted molar refractivity (Wildman–Crippen MR) is 76.8 cm³/mol. The summed E-state index contributed by atoms with van der Waals surface area (Å²) < 4.78 is 31.8. The second-order valence-electron chi connectivity index (χ2n) is 5.02. The molecule has 1 saturated heterocycles. The van der Waals surface area contributed by atoms with E-state index in [1.165, 1.54) is 23.5 Å². The molecule has 1 aliphatic rings. The van der Waals surface area contributed by atoms with Crippen molar-refractivity contribution in [1.82, 2.24) is 4.31 Å². The van der Waals surface area contributed by atoms with Crippen LogP contribution in [0.4, 0.5) is 0 Å². The van der Waals surface area contributed by atoms with E-state index in [0.717, 1.165) is 6.42 Å². The van der Waals surface area contributed by atoms with Crippen LogP contribution >= 0.6 is 0 Å². The van der Waals surface area contributed by atoms with Crippen LogP contribution in [-0.4, -0.2) is 43.5 Å². The molecule has 1 heterocycles. The number of nitrogens with zero attached hydrogens (tertiary/aromatic N) is 1. The number of hydrogen-bond acceptors (Lipinski definition) is 4. The van der Waals surface area contributed by atoms with E-state index in [-0.39, 0.29) is 17.4 Å². The number of benzene rings is 1. The summed E-state index contributed by atoms with van der Waals surface area (Å²) in [6.07, 6.45) is 1.79. The number of methoxy groups -OCH3 is 1. The monoisotopic (exact) mass is 313 g/mol. The highest BCUT2D eigenvalue weighted by atomic mass is 32.2. The minimum Gasteiger partial charge on any atom is -0.497 e. The first-order valence-electron chi connectivity index (χ1n) is 6.83. The Morgan fingerprint density at radius 3 is 2.90 bits per heavy atom. The van der Waals surface area contributed by atoms with Crippen LogP contribution in [0.3, 0.4) is 0 Å². The lowest BCUT2D eigenvalue weighted by Gasteiger charge is -2.23. The Balaban J connectivity index is 2.22. The molecule has 0 spiro atoms. The molecule has 1 aromatic carbocycles. The minimum absolute atomic E-state index is 0.0191. The van der Waals surface area contributed by atoms with Gasteiger partial charge in [-0.15, -0.1) is 0 Å². The normalized spacial score (nSPS) is 19.6. The van der Waals surface area contributed by atoms with Gasteiger partial charge in [-0.05, 0) is 31.4 Å². The van der Waals surface area contributed by atoms with Gasteiger partial charge >= 0.3 is 5.97 Å². The SMILES string of the molecule is COc1cccc(S(=O)(=O)N2CCC[C@@H]2CCC(=O)O)c1. The largest absolute Gasteiger partial charge is 0.497 e. The van der Waals surface area contributed by atoms with Gasteiger partial charge in [-0.1, -0.05) is 6.07 Å². The van der Waals surface area contributed by atoms with Gasteiger partial charge in [-0.25, -0.2) is 8.42 Å². The predicted octanol–water partition coefficient (Wildman–Crippen LogP) is 1.71. The third kappa shape index (κ3) is 3.54. The highest BCUT2D eigenvalue weighted by Gasteiger charge is 2.35. The highest BCUT2D eigenvalue weighted by Crippen LogP contribution is 2.29.